The van der Waals surface area contributed by atoms with Gasteiger partial charge in [-0.05, 0) is 34.9 Å². The lowest BCUT2D eigenvalue weighted by molar-refractivity contribution is 0.485. The maximum absolute atomic E-state index is 12.5. The SMILES string of the molecule is FCc1cccc(-c2ccc(Cl)cc2)c1. The molecule has 2 aromatic carbocycles. The first kappa shape index (κ1) is 10.2. The lowest BCUT2D eigenvalue weighted by Crippen LogP contribution is -1.81. The number of benzene rings is 2. The molecule has 0 bridgehead atoms. The van der Waals surface area contributed by atoms with Crippen LogP contribution in [-0.4, -0.2) is 0 Å². The minimum Gasteiger partial charge on any atom is -0.246 e. The molecular formula is C13H10ClF. The Morgan fingerprint density at radius 2 is 1.67 bits per heavy atom. The van der Waals surface area contributed by atoms with E-state index in [1.54, 1.807) is 6.07 Å². The molecule has 0 saturated heterocycles. The van der Waals surface area contributed by atoms with Gasteiger partial charge in [0.2, 0.25) is 0 Å². The molecule has 0 aliphatic carbocycles. The molecular weight excluding hydrogens is 211 g/mol. The van der Waals surface area contributed by atoms with E-state index in [0.717, 1.165) is 11.1 Å². The Balaban J connectivity index is 2.40. The summed E-state index contributed by atoms with van der Waals surface area (Å²) in [6.45, 7) is -0.429. The second-order valence-corrected chi connectivity index (χ2v) is 3.78. The predicted molar refractivity (Wildman–Crippen MR) is 61.7 cm³/mol. The zero-order valence-electron chi connectivity index (χ0n) is 8.08. The molecule has 0 saturated carbocycles. The average molecular weight is 221 g/mol. The van der Waals surface area contributed by atoms with Crippen molar-refractivity contribution in [2.75, 3.05) is 0 Å². The van der Waals surface area contributed by atoms with Crippen LogP contribution in [0.25, 0.3) is 11.1 Å². The van der Waals surface area contributed by atoms with E-state index in [9.17, 15) is 4.39 Å². The average Bonchev–Trinajstić information content (AvgIpc) is 2.30. The summed E-state index contributed by atoms with van der Waals surface area (Å²) in [5.74, 6) is 0. The zero-order chi connectivity index (χ0) is 10.7. The van der Waals surface area contributed by atoms with E-state index < -0.39 is 6.67 Å². The highest BCUT2D eigenvalue weighted by Crippen LogP contribution is 2.22. The fraction of sp³-hybridized carbons (Fsp3) is 0.0769. The lowest BCUT2D eigenvalue weighted by Gasteiger charge is -2.03. The predicted octanol–water partition coefficient (Wildman–Crippen LogP) is 4.48. The number of halogens is 2. The second kappa shape index (κ2) is 4.45. The summed E-state index contributed by atoms with van der Waals surface area (Å²) < 4.78 is 12.5. The van der Waals surface area contributed by atoms with E-state index in [1.807, 2.05) is 42.5 Å². The monoisotopic (exact) mass is 220 g/mol. The topological polar surface area (TPSA) is 0 Å². The van der Waals surface area contributed by atoms with Crippen LogP contribution in [0, 0.1) is 0 Å². The highest BCUT2D eigenvalue weighted by molar-refractivity contribution is 6.30. The summed E-state index contributed by atoms with van der Waals surface area (Å²) in [5, 5.41) is 0.709. The van der Waals surface area contributed by atoms with Gasteiger partial charge in [0.15, 0.2) is 0 Å². The van der Waals surface area contributed by atoms with Crippen molar-refractivity contribution >= 4 is 11.6 Å². The molecule has 0 amide bonds. The minimum absolute atomic E-state index is 0.429. The van der Waals surface area contributed by atoms with Gasteiger partial charge >= 0.3 is 0 Å². The number of alkyl halides is 1. The van der Waals surface area contributed by atoms with Crippen LogP contribution in [0.5, 0.6) is 0 Å². The molecule has 2 heteroatoms. The zero-order valence-corrected chi connectivity index (χ0v) is 8.84. The van der Waals surface area contributed by atoms with Crippen LogP contribution in [0.1, 0.15) is 5.56 Å². The van der Waals surface area contributed by atoms with Gasteiger partial charge in [0.05, 0.1) is 0 Å². The third-order valence-corrected chi connectivity index (χ3v) is 2.51. The first-order valence-electron chi connectivity index (χ1n) is 4.70. The summed E-state index contributed by atoms with van der Waals surface area (Å²) in [7, 11) is 0. The van der Waals surface area contributed by atoms with Crippen LogP contribution in [0.4, 0.5) is 4.39 Å². The van der Waals surface area contributed by atoms with Crippen molar-refractivity contribution in [2.45, 2.75) is 6.67 Å². The maximum atomic E-state index is 12.5. The summed E-state index contributed by atoms with van der Waals surface area (Å²) in [5.41, 5.74) is 2.76. The smallest absolute Gasteiger partial charge is 0.115 e. The van der Waals surface area contributed by atoms with Crippen molar-refractivity contribution in [3.05, 3.63) is 59.1 Å². The molecule has 0 atom stereocenters. The molecule has 0 unspecified atom stereocenters. The molecule has 0 spiro atoms. The molecule has 0 heterocycles. The van der Waals surface area contributed by atoms with E-state index in [2.05, 4.69) is 0 Å². The van der Waals surface area contributed by atoms with Crippen LogP contribution >= 0.6 is 11.6 Å². The highest BCUT2D eigenvalue weighted by Gasteiger charge is 1.98. The summed E-state index contributed by atoms with van der Waals surface area (Å²) in [4.78, 5) is 0. The molecule has 0 aromatic heterocycles. The van der Waals surface area contributed by atoms with E-state index >= 15 is 0 Å². The van der Waals surface area contributed by atoms with Gasteiger partial charge in [0.25, 0.3) is 0 Å². The fourth-order valence-electron chi connectivity index (χ4n) is 1.48. The molecule has 0 fully saturated rings. The Morgan fingerprint density at radius 1 is 0.933 bits per heavy atom. The van der Waals surface area contributed by atoms with Crippen LogP contribution in [0.2, 0.25) is 5.02 Å². The molecule has 0 aliphatic heterocycles. The minimum atomic E-state index is -0.429. The Labute approximate surface area is 93.3 Å². The lowest BCUT2D eigenvalue weighted by atomic mass is 10.0. The van der Waals surface area contributed by atoms with Gasteiger partial charge in [-0.25, -0.2) is 4.39 Å². The van der Waals surface area contributed by atoms with Gasteiger partial charge < -0.3 is 0 Å². The molecule has 2 rings (SSSR count). The normalized spacial score (nSPS) is 10.3. The Bertz CT molecular complexity index is 448. The van der Waals surface area contributed by atoms with Crippen molar-refractivity contribution < 1.29 is 4.39 Å². The van der Waals surface area contributed by atoms with Crippen LogP contribution < -0.4 is 0 Å². The van der Waals surface area contributed by atoms with Crippen LogP contribution in [-0.2, 0) is 6.67 Å². The maximum Gasteiger partial charge on any atom is 0.115 e. The molecule has 15 heavy (non-hydrogen) atoms. The molecule has 0 nitrogen and oxygen atoms in total. The summed E-state index contributed by atoms with van der Waals surface area (Å²) in [6, 6.07) is 15.0. The largest absolute Gasteiger partial charge is 0.246 e. The van der Waals surface area contributed by atoms with Gasteiger partial charge in [-0.2, -0.15) is 0 Å². The van der Waals surface area contributed by atoms with E-state index in [0.29, 0.717) is 10.6 Å². The number of hydrogen-bond acceptors (Lipinski definition) is 0. The number of hydrogen-bond donors (Lipinski definition) is 0. The third kappa shape index (κ3) is 2.37. The van der Waals surface area contributed by atoms with Crippen molar-refractivity contribution in [1.82, 2.24) is 0 Å². The van der Waals surface area contributed by atoms with Gasteiger partial charge in [0.1, 0.15) is 6.67 Å². The number of rotatable bonds is 2. The van der Waals surface area contributed by atoms with E-state index in [4.69, 9.17) is 11.6 Å². The van der Waals surface area contributed by atoms with Gasteiger partial charge in [-0.15, -0.1) is 0 Å². The van der Waals surface area contributed by atoms with E-state index in [-0.39, 0.29) is 0 Å². The van der Waals surface area contributed by atoms with Crippen molar-refractivity contribution in [1.29, 1.82) is 0 Å². The molecule has 76 valence electrons. The summed E-state index contributed by atoms with van der Waals surface area (Å²) >= 11 is 5.80. The quantitative estimate of drug-likeness (QED) is 0.700. The second-order valence-electron chi connectivity index (χ2n) is 3.34. The van der Waals surface area contributed by atoms with Crippen molar-refractivity contribution in [3.63, 3.8) is 0 Å². The van der Waals surface area contributed by atoms with Crippen LogP contribution in [0.3, 0.4) is 0 Å². The molecule has 0 radical (unpaired) electrons. The van der Waals surface area contributed by atoms with Gasteiger partial charge in [-0.1, -0.05) is 41.9 Å². The van der Waals surface area contributed by atoms with Gasteiger partial charge in [-0.3, -0.25) is 0 Å². The Hall–Kier alpha value is -1.34. The molecule has 2 aromatic rings. The van der Waals surface area contributed by atoms with Gasteiger partial charge in [0, 0.05) is 5.02 Å². The standard InChI is InChI=1S/C13H10ClF/c14-13-6-4-11(5-7-13)12-3-1-2-10(8-12)9-15/h1-8H,9H2. The molecule has 0 aliphatic rings. The highest BCUT2D eigenvalue weighted by atomic mass is 35.5. The van der Waals surface area contributed by atoms with Crippen molar-refractivity contribution in [3.8, 4) is 11.1 Å². The molecule has 0 N–H and O–H groups in total. The Morgan fingerprint density at radius 3 is 2.33 bits per heavy atom. The fourth-order valence-corrected chi connectivity index (χ4v) is 1.60. The van der Waals surface area contributed by atoms with E-state index in [1.165, 1.54) is 0 Å². The van der Waals surface area contributed by atoms with Crippen LogP contribution in [0.15, 0.2) is 48.5 Å². The van der Waals surface area contributed by atoms with Crippen molar-refractivity contribution in [2.24, 2.45) is 0 Å². The first-order chi connectivity index (χ1) is 7.29. The summed E-state index contributed by atoms with van der Waals surface area (Å²) in [6.07, 6.45) is 0. The Kier molecular flexibility index (Phi) is 3.02. The third-order valence-electron chi connectivity index (χ3n) is 2.26. The first-order valence-corrected chi connectivity index (χ1v) is 5.08.